The highest BCUT2D eigenvalue weighted by Gasteiger charge is 2.38. The molecular formula is C23H23F3N4. The number of anilines is 1. The predicted octanol–water partition coefficient (Wildman–Crippen LogP) is 4.43. The molecule has 0 saturated carbocycles. The third kappa shape index (κ3) is 4.05. The Kier molecular flexibility index (Phi) is 5.51. The zero-order chi connectivity index (χ0) is 21.3. The van der Waals surface area contributed by atoms with Crippen molar-refractivity contribution < 1.29 is 13.2 Å². The molecule has 0 saturated heterocycles. The minimum Gasteiger partial charge on any atom is -0.339 e. The van der Waals surface area contributed by atoms with Gasteiger partial charge in [-0.1, -0.05) is 66.7 Å². The second-order valence-corrected chi connectivity index (χ2v) is 7.40. The molecule has 4 N–H and O–H groups in total. The lowest BCUT2D eigenvalue weighted by atomic mass is 10.0. The summed E-state index contributed by atoms with van der Waals surface area (Å²) in [6.45, 7) is 0.850. The second kappa shape index (κ2) is 8.10. The molecule has 0 radical (unpaired) electrons. The maximum absolute atomic E-state index is 13.4. The van der Waals surface area contributed by atoms with Crippen LogP contribution >= 0.6 is 0 Å². The van der Waals surface area contributed by atoms with Gasteiger partial charge < -0.3 is 10.6 Å². The Labute approximate surface area is 173 Å². The summed E-state index contributed by atoms with van der Waals surface area (Å²) in [6, 6.07) is 23.0. The molecule has 0 aromatic heterocycles. The molecule has 2 unspecified atom stereocenters. The number of nitrogens with two attached hydrogens (primary N) is 2. The van der Waals surface area contributed by atoms with E-state index >= 15 is 0 Å². The average molecular weight is 412 g/mol. The Morgan fingerprint density at radius 3 is 1.90 bits per heavy atom. The van der Waals surface area contributed by atoms with Crippen LogP contribution in [0.1, 0.15) is 28.4 Å². The van der Waals surface area contributed by atoms with Gasteiger partial charge in [0.1, 0.15) is 6.29 Å². The van der Waals surface area contributed by atoms with Crippen LogP contribution in [0.5, 0.6) is 0 Å². The van der Waals surface area contributed by atoms with Crippen LogP contribution in [-0.4, -0.2) is 11.2 Å². The zero-order valence-electron chi connectivity index (χ0n) is 16.3. The third-order valence-electron chi connectivity index (χ3n) is 5.41. The van der Waals surface area contributed by atoms with E-state index in [4.69, 9.17) is 11.5 Å². The summed E-state index contributed by atoms with van der Waals surface area (Å²) in [5.74, 6) is 0. The molecule has 1 aliphatic heterocycles. The molecule has 0 bridgehead atoms. The van der Waals surface area contributed by atoms with E-state index in [1.807, 2.05) is 65.6 Å². The molecule has 30 heavy (non-hydrogen) atoms. The zero-order valence-corrected chi connectivity index (χ0v) is 16.3. The first kappa shape index (κ1) is 20.4. The van der Waals surface area contributed by atoms with Crippen LogP contribution in [0.2, 0.25) is 0 Å². The first-order valence-electron chi connectivity index (χ1n) is 9.67. The fourth-order valence-corrected chi connectivity index (χ4v) is 3.83. The SMILES string of the molecule is NC1c2ccc(C(F)(F)F)cc2N(Cc2ccccc2)C(N)N1Cc1ccccc1. The number of benzene rings is 3. The highest BCUT2D eigenvalue weighted by molar-refractivity contribution is 5.60. The van der Waals surface area contributed by atoms with Crippen molar-refractivity contribution in [2.75, 3.05) is 4.90 Å². The van der Waals surface area contributed by atoms with Crippen LogP contribution in [0, 0.1) is 0 Å². The number of alkyl halides is 3. The number of hydrogen-bond acceptors (Lipinski definition) is 4. The van der Waals surface area contributed by atoms with Crippen LogP contribution in [0.4, 0.5) is 18.9 Å². The molecule has 0 amide bonds. The van der Waals surface area contributed by atoms with Crippen LogP contribution in [-0.2, 0) is 19.3 Å². The molecule has 0 fully saturated rings. The van der Waals surface area contributed by atoms with E-state index in [1.54, 1.807) is 4.90 Å². The van der Waals surface area contributed by atoms with Crippen molar-refractivity contribution in [2.24, 2.45) is 11.5 Å². The molecule has 7 heteroatoms. The Balaban J connectivity index is 1.76. The van der Waals surface area contributed by atoms with Gasteiger partial charge in [0.25, 0.3) is 0 Å². The van der Waals surface area contributed by atoms with E-state index in [0.717, 1.165) is 23.3 Å². The Morgan fingerprint density at radius 2 is 1.33 bits per heavy atom. The maximum atomic E-state index is 13.4. The topological polar surface area (TPSA) is 58.5 Å². The Bertz CT molecular complexity index is 992. The van der Waals surface area contributed by atoms with Crippen LogP contribution < -0.4 is 16.4 Å². The van der Waals surface area contributed by atoms with Crippen molar-refractivity contribution in [1.82, 2.24) is 4.90 Å². The molecular weight excluding hydrogens is 389 g/mol. The Morgan fingerprint density at radius 1 is 0.767 bits per heavy atom. The van der Waals surface area contributed by atoms with Gasteiger partial charge in [0.05, 0.1) is 11.7 Å². The number of halogens is 3. The number of hydrogen-bond donors (Lipinski definition) is 2. The van der Waals surface area contributed by atoms with E-state index in [1.165, 1.54) is 6.07 Å². The summed E-state index contributed by atoms with van der Waals surface area (Å²) >= 11 is 0. The molecule has 4 nitrogen and oxygen atoms in total. The van der Waals surface area contributed by atoms with Gasteiger partial charge in [0.15, 0.2) is 0 Å². The van der Waals surface area contributed by atoms with Crippen molar-refractivity contribution in [3.63, 3.8) is 0 Å². The highest BCUT2D eigenvalue weighted by Crippen LogP contribution is 2.40. The van der Waals surface area contributed by atoms with Crippen molar-refractivity contribution >= 4 is 5.69 Å². The molecule has 156 valence electrons. The van der Waals surface area contributed by atoms with Gasteiger partial charge in [-0.05, 0) is 23.3 Å². The summed E-state index contributed by atoms with van der Waals surface area (Å²) in [4.78, 5) is 3.68. The monoisotopic (exact) mass is 412 g/mol. The smallest absolute Gasteiger partial charge is 0.339 e. The average Bonchev–Trinajstić information content (AvgIpc) is 2.74. The number of nitrogens with zero attached hydrogens (tertiary/aromatic N) is 2. The van der Waals surface area contributed by atoms with Crippen LogP contribution in [0.3, 0.4) is 0 Å². The fourth-order valence-electron chi connectivity index (χ4n) is 3.83. The largest absolute Gasteiger partial charge is 0.416 e. The molecule has 0 spiro atoms. The van der Waals surface area contributed by atoms with Gasteiger partial charge in [-0.25, -0.2) is 4.90 Å². The van der Waals surface area contributed by atoms with Gasteiger partial charge in [0, 0.05) is 24.3 Å². The molecule has 1 aliphatic rings. The Hall–Kier alpha value is -2.87. The third-order valence-corrected chi connectivity index (χ3v) is 5.41. The number of fused-ring (bicyclic) bond motifs is 1. The molecule has 3 aromatic rings. The summed E-state index contributed by atoms with van der Waals surface area (Å²) in [5.41, 5.74) is 15.4. The quantitative estimate of drug-likeness (QED) is 0.666. The minimum atomic E-state index is -4.44. The minimum absolute atomic E-state index is 0.369. The van der Waals surface area contributed by atoms with Gasteiger partial charge in [-0.3, -0.25) is 5.73 Å². The van der Waals surface area contributed by atoms with Crippen LogP contribution in [0.25, 0.3) is 0 Å². The molecule has 1 heterocycles. The summed E-state index contributed by atoms with van der Waals surface area (Å²) < 4.78 is 40.1. The maximum Gasteiger partial charge on any atom is 0.416 e. The summed E-state index contributed by atoms with van der Waals surface area (Å²) in [7, 11) is 0. The van der Waals surface area contributed by atoms with Gasteiger partial charge in [-0.2, -0.15) is 13.2 Å². The second-order valence-electron chi connectivity index (χ2n) is 7.40. The summed E-state index contributed by atoms with van der Waals surface area (Å²) in [5, 5.41) is 0. The highest BCUT2D eigenvalue weighted by atomic mass is 19.4. The van der Waals surface area contributed by atoms with Gasteiger partial charge in [-0.15, -0.1) is 0 Å². The van der Waals surface area contributed by atoms with E-state index in [-0.39, 0.29) is 0 Å². The lowest BCUT2D eigenvalue weighted by Gasteiger charge is -2.47. The van der Waals surface area contributed by atoms with E-state index < -0.39 is 24.2 Å². The van der Waals surface area contributed by atoms with Crippen molar-refractivity contribution in [3.05, 3.63) is 101 Å². The van der Waals surface area contributed by atoms with E-state index in [2.05, 4.69) is 0 Å². The summed E-state index contributed by atoms with van der Waals surface area (Å²) in [6.07, 6.45) is -5.75. The van der Waals surface area contributed by atoms with Gasteiger partial charge in [0.2, 0.25) is 0 Å². The van der Waals surface area contributed by atoms with E-state index in [0.29, 0.717) is 24.3 Å². The molecule has 4 rings (SSSR count). The van der Waals surface area contributed by atoms with Crippen molar-refractivity contribution in [2.45, 2.75) is 31.7 Å². The molecule has 0 aliphatic carbocycles. The normalized spacial score (nSPS) is 19.6. The number of rotatable bonds is 4. The molecule has 2 atom stereocenters. The standard InChI is InChI=1S/C23H23F3N4/c24-23(25,26)18-11-12-19-20(13-18)29(14-16-7-3-1-4-8-16)22(28)30(21(19)27)15-17-9-5-2-6-10-17/h1-13,21-22H,14-15,27-28H2. The van der Waals surface area contributed by atoms with Crippen molar-refractivity contribution in [1.29, 1.82) is 0 Å². The first-order chi connectivity index (χ1) is 14.3. The lowest BCUT2D eigenvalue weighted by Crippen LogP contribution is -2.59. The van der Waals surface area contributed by atoms with Crippen molar-refractivity contribution in [3.8, 4) is 0 Å². The predicted molar refractivity (Wildman–Crippen MR) is 111 cm³/mol. The van der Waals surface area contributed by atoms with Crippen LogP contribution in [0.15, 0.2) is 78.9 Å². The molecule has 3 aromatic carbocycles. The lowest BCUT2D eigenvalue weighted by molar-refractivity contribution is -0.137. The fraction of sp³-hybridized carbons (Fsp3) is 0.217. The van der Waals surface area contributed by atoms with E-state index in [9.17, 15) is 13.2 Å². The van der Waals surface area contributed by atoms with Gasteiger partial charge >= 0.3 is 6.18 Å². The first-order valence-corrected chi connectivity index (χ1v) is 9.67.